The monoisotopic (exact) mass is 252 g/mol. The van der Waals surface area contributed by atoms with Crippen LogP contribution >= 0.6 is 11.3 Å². The van der Waals surface area contributed by atoms with E-state index in [0.29, 0.717) is 13.1 Å². The van der Waals surface area contributed by atoms with E-state index >= 15 is 0 Å². The molecular formula is C11H12N2O3S. The van der Waals surface area contributed by atoms with E-state index in [9.17, 15) is 4.79 Å². The number of aromatic nitrogens is 1. The summed E-state index contributed by atoms with van der Waals surface area (Å²) in [4.78, 5) is 12.5. The summed E-state index contributed by atoms with van der Waals surface area (Å²) in [6, 6.07) is 5.60. The van der Waals surface area contributed by atoms with E-state index in [4.69, 9.17) is 9.63 Å². The van der Waals surface area contributed by atoms with Crippen molar-refractivity contribution < 1.29 is 14.4 Å². The van der Waals surface area contributed by atoms with Gasteiger partial charge >= 0.3 is 5.97 Å². The SMILES string of the molecule is O=C(O)Cc1ccc(CNCc2ccon2)s1. The summed E-state index contributed by atoms with van der Waals surface area (Å²) in [5, 5.41) is 15.6. The zero-order valence-corrected chi connectivity index (χ0v) is 9.87. The van der Waals surface area contributed by atoms with Gasteiger partial charge in [-0.15, -0.1) is 11.3 Å². The molecule has 6 heteroatoms. The van der Waals surface area contributed by atoms with Gasteiger partial charge in [-0.05, 0) is 12.1 Å². The van der Waals surface area contributed by atoms with Gasteiger partial charge < -0.3 is 14.9 Å². The van der Waals surface area contributed by atoms with Crippen molar-refractivity contribution in [1.82, 2.24) is 10.5 Å². The second-order valence-electron chi connectivity index (χ2n) is 3.53. The summed E-state index contributed by atoms with van der Waals surface area (Å²) in [6.45, 7) is 1.35. The maximum Gasteiger partial charge on any atom is 0.308 e. The van der Waals surface area contributed by atoms with Gasteiger partial charge in [-0.2, -0.15) is 0 Å². The molecule has 0 aliphatic heterocycles. The van der Waals surface area contributed by atoms with Gasteiger partial charge in [0.15, 0.2) is 0 Å². The highest BCUT2D eigenvalue weighted by Crippen LogP contribution is 2.16. The lowest BCUT2D eigenvalue weighted by molar-refractivity contribution is -0.136. The van der Waals surface area contributed by atoms with Gasteiger partial charge in [-0.1, -0.05) is 5.16 Å². The Morgan fingerprint density at radius 2 is 2.18 bits per heavy atom. The molecule has 2 rings (SSSR count). The maximum absolute atomic E-state index is 10.5. The molecule has 0 radical (unpaired) electrons. The van der Waals surface area contributed by atoms with Gasteiger partial charge in [0.25, 0.3) is 0 Å². The number of carboxylic acids is 1. The van der Waals surface area contributed by atoms with Crippen LogP contribution in [0.3, 0.4) is 0 Å². The second-order valence-corrected chi connectivity index (χ2v) is 4.79. The van der Waals surface area contributed by atoms with Crippen molar-refractivity contribution in [2.24, 2.45) is 0 Å². The number of nitrogens with one attached hydrogen (secondary N) is 1. The molecule has 0 fully saturated rings. The fraction of sp³-hybridized carbons (Fsp3) is 0.273. The van der Waals surface area contributed by atoms with Crippen molar-refractivity contribution in [1.29, 1.82) is 0 Å². The molecule has 0 aliphatic rings. The van der Waals surface area contributed by atoms with Crippen LogP contribution in [0.25, 0.3) is 0 Å². The molecule has 17 heavy (non-hydrogen) atoms. The zero-order chi connectivity index (χ0) is 12.1. The Balaban J connectivity index is 1.79. The number of hydrogen-bond donors (Lipinski definition) is 2. The number of thiophene rings is 1. The summed E-state index contributed by atoms with van der Waals surface area (Å²) in [7, 11) is 0. The summed E-state index contributed by atoms with van der Waals surface area (Å²) >= 11 is 1.51. The first kappa shape index (κ1) is 11.8. The Hall–Kier alpha value is -1.66. The lowest BCUT2D eigenvalue weighted by atomic mass is 10.3. The van der Waals surface area contributed by atoms with Crippen molar-refractivity contribution in [3.05, 3.63) is 39.9 Å². The third-order valence-corrected chi connectivity index (χ3v) is 3.22. The summed E-state index contributed by atoms with van der Waals surface area (Å²) < 4.78 is 4.71. The molecule has 0 saturated heterocycles. The second kappa shape index (κ2) is 5.60. The molecule has 0 amide bonds. The van der Waals surface area contributed by atoms with Crippen molar-refractivity contribution in [2.45, 2.75) is 19.5 Å². The molecule has 5 nitrogen and oxygen atoms in total. The molecule has 2 N–H and O–H groups in total. The number of carbonyl (C=O) groups is 1. The van der Waals surface area contributed by atoms with Gasteiger partial charge in [0.1, 0.15) is 6.26 Å². The van der Waals surface area contributed by atoms with Gasteiger partial charge in [0.05, 0.1) is 12.1 Å². The van der Waals surface area contributed by atoms with Crippen molar-refractivity contribution >= 4 is 17.3 Å². The minimum atomic E-state index is -0.797. The van der Waals surface area contributed by atoms with E-state index < -0.39 is 5.97 Å². The lowest BCUT2D eigenvalue weighted by Crippen LogP contribution is -2.11. The number of rotatable bonds is 6. The van der Waals surface area contributed by atoms with Gasteiger partial charge in [-0.25, -0.2) is 0 Å². The molecule has 0 spiro atoms. The Kier molecular flexibility index (Phi) is 3.89. The van der Waals surface area contributed by atoms with E-state index in [-0.39, 0.29) is 6.42 Å². The average Bonchev–Trinajstić information content (AvgIpc) is 2.89. The molecule has 0 saturated carbocycles. The Labute approximate surface area is 102 Å². The highest BCUT2D eigenvalue weighted by Gasteiger charge is 2.04. The van der Waals surface area contributed by atoms with Crippen LogP contribution in [0.1, 0.15) is 15.4 Å². The summed E-state index contributed by atoms with van der Waals surface area (Å²) in [5.41, 5.74) is 0.854. The number of nitrogens with zero attached hydrogens (tertiary/aromatic N) is 1. The molecule has 0 atom stereocenters. The molecular weight excluding hydrogens is 240 g/mol. The van der Waals surface area contributed by atoms with Crippen molar-refractivity contribution in [3.63, 3.8) is 0 Å². The van der Waals surface area contributed by atoms with E-state index in [1.807, 2.05) is 12.1 Å². The molecule has 2 aromatic rings. The van der Waals surface area contributed by atoms with E-state index in [2.05, 4.69) is 10.5 Å². The van der Waals surface area contributed by atoms with E-state index in [0.717, 1.165) is 15.4 Å². The number of carboxylic acid groups (broad SMARTS) is 1. The van der Waals surface area contributed by atoms with Crippen molar-refractivity contribution in [2.75, 3.05) is 0 Å². The van der Waals surface area contributed by atoms with Crippen LogP contribution in [0.5, 0.6) is 0 Å². The minimum absolute atomic E-state index is 0.0912. The maximum atomic E-state index is 10.5. The standard InChI is InChI=1S/C11H12N2O3S/c14-11(15)5-9-1-2-10(17-9)7-12-6-8-3-4-16-13-8/h1-4,12H,5-7H2,(H,14,15). The summed E-state index contributed by atoms with van der Waals surface area (Å²) in [5.74, 6) is -0.797. The molecule has 0 bridgehead atoms. The third-order valence-electron chi connectivity index (χ3n) is 2.14. The molecule has 2 aromatic heterocycles. The van der Waals surface area contributed by atoms with E-state index in [1.165, 1.54) is 17.6 Å². The van der Waals surface area contributed by atoms with Crippen LogP contribution in [0.15, 0.2) is 29.0 Å². The fourth-order valence-corrected chi connectivity index (χ4v) is 2.38. The molecule has 0 aliphatic carbocycles. The largest absolute Gasteiger partial charge is 0.481 e. The molecule has 0 aromatic carbocycles. The smallest absolute Gasteiger partial charge is 0.308 e. The Morgan fingerprint density at radius 3 is 2.88 bits per heavy atom. The Morgan fingerprint density at radius 1 is 1.35 bits per heavy atom. The first-order chi connectivity index (χ1) is 8.24. The van der Waals surface area contributed by atoms with Crippen LogP contribution in [-0.4, -0.2) is 16.2 Å². The van der Waals surface area contributed by atoms with Crippen LogP contribution in [0.2, 0.25) is 0 Å². The predicted molar refractivity (Wildman–Crippen MR) is 62.7 cm³/mol. The number of hydrogen-bond acceptors (Lipinski definition) is 5. The van der Waals surface area contributed by atoms with Crippen molar-refractivity contribution in [3.8, 4) is 0 Å². The first-order valence-electron chi connectivity index (χ1n) is 5.13. The Bertz CT molecular complexity index is 479. The lowest BCUT2D eigenvalue weighted by Gasteiger charge is -1.98. The molecule has 90 valence electrons. The van der Waals surface area contributed by atoms with Gasteiger partial charge in [0.2, 0.25) is 0 Å². The first-order valence-corrected chi connectivity index (χ1v) is 5.95. The third kappa shape index (κ3) is 3.69. The van der Waals surface area contributed by atoms with Crippen LogP contribution in [-0.2, 0) is 24.3 Å². The zero-order valence-electron chi connectivity index (χ0n) is 9.05. The van der Waals surface area contributed by atoms with Crippen LogP contribution in [0, 0.1) is 0 Å². The normalized spacial score (nSPS) is 10.6. The molecule has 0 unspecified atom stereocenters. The van der Waals surface area contributed by atoms with Gasteiger partial charge in [-0.3, -0.25) is 4.79 Å². The predicted octanol–water partition coefficient (Wildman–Crippen LogP) is 1.65. The van der Waals surface area contributed by atoms with Crippen LogP contribution in [0.4, 0.5) is 0 Å². The van der Waals surface area contributed by atoms with Crippen LogP contribution < -0.4 is 5.32 Å². The average molecular weight is 252 g/mol. The quantitative estimate of drug-likeness (QED) is 0.817. The van der Waals surface area contributed by atoms with Gasteiger partial charge in [0, 0.05) is 28.9 Å². The minimum Gasteiger partial charge on any atom is -0.481 e. The van der Waals surface area contributed by atoms with E-state index in [1.54, 1.807) is 6.07 Å². The highest BCUT2D eigenvalue weighted by molar-refractivity contribution is 7.12. The summed E-state index contributed by atoms with van der Waals surface area (Å²) in [6.07, 6.45) is 1.63. The highest BCUT2D eigenvalue weighted by atomic mass is 32.1. The topological polar surface area (TPSA) is 75.4 Å². The molecule has 2 heterocycles. The fourth-order valence-electron chi connectivity index (χ4n) is 1.40. The number of aliphatic carboxylic acids is 1.